The molecule has 3 nitrogen and oxygen atoms in total. The Morgan fingerprint density at radius 2 is 2.25 bits per heavy atom. The van der Waals surface area contributed by atoms with Crippen molar-refractivity contribution in [2.75, 3.05) is 18.1 Å². The molecule has 1 aliphatic rings. The van der Waals surface area contributed by atoms with Crippen LogP contribution in [0.5, 0.6) is 0 Å². The summed E-state index contributed by atoms with van der Waals surface area (Å²) in [5, 5.41) is 3.39. The number of sulfone groups is 1. The van der Waals surface area contributed by atoms with Crippen LogP contribution >= 0.6 is 11.6 Å². The molecule has 2 atom stereocenters. The topological polar surface area (TPSA) is 46.2 Å². The van der Waals surface area contributed by atoms with Crippen molar-refractivity contribution in [1.82, 2.24) is 5.32 Å². The number of benzene rings is 1. The van der Waals surface area contributed by atoms with Crippen molar-refractivity contribution >= 4 is 21.4 Å². The van der Waals surface area contributed by atoms with E-state index in [1.54, 1.807) is 12.1 Å². The van der Waals surface area contributed by atoms with Gasteiger partial charge in [-0.2, -0.15) is 0 Å². The van der Waals surface area contributed by atoms with E-state index in [2.05, 4.69) is 5.32 Å². The first-order valence-electron chi connectivity index (χ1n) is 6.79. The molecule has 0 spiro atoms. The van der Waals surface area contributed by atoms with Gasteiger partial charge in [0, 0.05) is 6.04 Å². The minimum atomic E-state index is -2.93. The van der Waals surface area contributed by atoms with E-state index in [0.717, 1.165) is 6.54 Å². The fraction of sp³-hybridized carbons (Fsp3) is 0.571. The van der Waals surface area contributed by atoms with Crippen LogP contribution in [0.25, 0.3) is 0 Å². The number of halogens is 2. The van der Waals surface area contributed by atoms with Crippen molar-refractivity contribution in [2.24, 2.45) is 5.92 Å². The molecule has 1 saturated heterocycles. The Labute approximate surface area is 124 Å². The fourth-order valence-corrected chi connectivity index (χ4v) is 4.83. The molecule has 20 heavy (non-hydrogen) atoms. The van der Waals surface area contributed by atoms with Crippen LogP contribution in [0, 0.1) is 11.7 Å². The number of hydrogen-bond acceptors (Lipinski definition) is 3. The largest absolute Gasteiger partial charge is 0.314 e. The standard InChI is InChI=1S/C14H19ClFNO2S/c1-2-17-13(11-6-7-20(18,19)9-11)8-10-4-3-5-12(15)14(10)16/h3-5,11,13,17H,2,6-9H2,1H3. The molecule has 1 aliphatic heterocycles. The first-order valence-corrected chi connectivity index (χ1v) is 8.99. The fourth-order valence-electron chi connectivity index (χ4n) is 2.75. The highest BCUT2D eigenvalue weighted by Crippen LogP contribution is 2.26. The van der Waals surface area contributed by atoms with Gasteiger partial charge in [0.2, 0.25) is 0 Å². The highest BCUT2D eigenvalue weighted by Gasteiger charge is 2.33. The molecular formula is C14H19ClFNO2S. The quantitative estimate of drug-likeness (QED) is 0.906. The van der Waals surface area contributed by atoms with Gasteiger partial charge in [0.05, 0.1) is 16.5 Å². The molecule has 0 saturated carbocycles. The van der Waals surface area contributed by atoms with Crippen molar-refractivity contribution in [3.63, 3.8) is 0 Å². The molecule has 112 valence electrons. The van der Waals surface area contributed by atoms with Gasteiger partial charge in [-0.3, -0.25) is 0 Å². The zero-order chi connectivity index (χ0) is 14.8. The lowest BCUT2D eigenvalue weighted by Crippen LogP contribution is -2.38. The first-order chi connectivity index (χ1) is 9.43. The van der Waals surface area contributed by atoms with Gasteiger partial charge in [-0.25, -0.2) is 12.8 Å². The summed E-state index contributed by atoms with van der Waals surface area (Å²) >= 11 is 5.79. The SMILES string of the molecule is CCNC(Cc1cccc(Cl)c1F)C1CCS(=O)(=O)C1. The Balaban J connectivity index is 2.16. The van der Waals surface area contributed by atoms with Crippen molar-refractivity contribution < 1.29 is 12.8 Å². The van der Waals surface area contributed by atoms with Gasteiger partial charge in [-0.15, -0.1) is 0 Å². The smallest absolute Gasteiger partial charge is 0.150 e. The Morgan fingerprint density at radius 1 is 1.50 bits per heavy atom. The van der Waals surface area contributed by atoms with Crippen molar-refractivity contribution in [1.29, 1.82) is 0 Å². The van der Waals surface area contributed by atoms with Crippen molar-refractivity contribution in [3.8, 4) is 0 Å². The van der Waals surface area contributed by atoms with E-state index in [1.807, 2.05) is 6.92 Å². The molecule has 1 aromatic rings. The zero-order valence-electron chi connectivity index (χ0n) is 11.4. The van der Waals surface area contributed by atoms with Crippen LogP contribution in [0.1, 0.15) is 18.9 Å². The van der Waals surface area contributed by atoms with Gasteiger partial charge in [0.1, 0.15) is 5.82 Å². The monoisotopic (exact) mass is 319 g/mol. The average molecular weight is 320 g/mol. The molecule has 1 heterocycles. The molecule has 0 aliphatic carbocycles. The van der Waals surface area contributed by atoms with Crippen molar-refractivity contribution in [2.45, 2.75) is 25.8 Å². The summed E-state index contributed by atoms with van der Waals surface area (Å²) in [4.78, 5) is 0. The molecule has 1 aromatic carbocycles. The maximum absolute atomic E-state index is 14.0. The number of hydrogen-bond donors (Lipinski definition) is 1. The van der Waals surface area contributed by atoms with E-state index in [1.165, 1.54) is 6.07 Å². The summed E-state index contributed by atoms with van der Waals surface area (Å²) in [6, 6.07) is 4.90. The van der Waals surface area contributed by atoms with Crippen molar-refractivity contribution in [3.05, 3.63) is 34.6 Å². The maximum Gasteiger partial charge on any atom is 0.150 e. The van der Waals surface area contributed by atoms with Crippen LogP contribution < -0.4 is 5.32 Å². The molecule has 0 amide bonds. The van der Waals surface area contributed by atoms with Gasteiger partial charge >= 0.3 is 0 Å². The maximum atomic E-state index is 14.0. The summed E-state index contributed by atoms with van der Waals surface area (Å²) in [6.07, 6.45) is 1.10. The predicted molar refractivity (Wildman–Crippen MR) is 79.3 cm³/mol. The van der Waals surface area contributed by atoms with Gasteiger partial charge < -0.3 is 5.32 Å². The number of likely N-dealkylation sites (N-methyl/N-ethyl adjacent to an activating group) is 1. The lowest BCUT2D eigenvalue weighted by atomic mass is 9.92. The Bertz CT molecular complexity index is 577. The van der Waals surface area contributed by atoms with E-state index in [-0.39, 0.29) is 28.5 Å². The average Bonchev–Trinajstić information content (AvgIpc) is 2.74. The van der Waals surface area contributed by atoms with E-state index in [9.17, 15) is 12.8 Å². The molecule has 1 N–H and O–H groups in total. The second kappa shape index (κ2) is 6.41. The van der Waals surface area contributed by atoms with Gasteiger partial charge in [-0.05, 0) is 36.9 Å². The molecule has 0 bridgehead atoms. The number of rotatable bonds is 5. The normalized spacial score (nSPS) is 22.9. The van der Waals surface area contributed by atoms with Crippen LogP contribution in [0.3, 0.4) is 0 Å². The third kappa shape index (κ3) is 3.71. The van der Waals surface area contributed by atoms with Crippen LogP contribution in [-0.2, 0) is 16.3 Å². The van der Waals surface area contributed by atoms with E-state index in [4.69, 9.17) is 11.6 Å². The minimum absolute atomic E-state index is 0.0368. The number of nitrogens with one attached hydrogen (secondary N) is 1. The zero-order valence-corrected chi connectivity index (χ0v) is 13.0. The molecule has 0 aromatic heterocycles. The van der Waals surface area contributed by atoms with E-state index >= 15 is 0 Å². The Morgan fingerprint density at radius 3 is 2.85 bits per heavy atom. The van der Waals surface area contributed by atoms with Crippen LogP contribution in [0.4, 0.5) is 4.39 Å². The highest BCUT2D eigenvalue weighted by atomic mass is 35.5. The minimum Gasteiger partial charge on any atom is -0.314 e. The molecule has 0 radical (unpaired) electrons. The highest BCUT2D eigenvalue weighted by molar-refractivity contribution is 7.91. The summed E-state index contributed by atoms with van der Waals surface area (Å²) < 4.78 is 37.2. The predicted octanol–water partition coefficient (Wildman–Crippen LogP) is 2.43. The Hall–Kier alpha value is -0.650. The Kier molecular flexibility index (Phi) is 5.04. The molecule has 1 fully saturated rings. The molecule has 6 heteroatoms. The lowest BCUT2D eigenvalue weighted by molar-refractivity contribution is 0.382. The molecule has 2 rings (SSSR count). The van der Waals surface area contributed by atoms with E-state index < -0.39 is 15.7 Å². The third-order valence-electron chi connectivity index (χ3n) is 3.77. The van der Waals surface area contributed by atoms with Gasteiger partial charge in [0.25, 0.3) is 0 Å². The second-order valence-corrected chi connectivity index (χ2v) is 7.88. The van der Waals surface area contributed by atoms with E-state index in [0.29, 0.717) is 18.4 Å². The molecule has 2 unspecified atom stereocenters. The summed E-state index contributed by atoms with van der Waals surface area (Å²) in [5.41, 5.74) is 0.535. The summed E-state index contributed by atoms with van der Waals surface area (Å²) in [5.74, 6) is 0.0565. The first kappa shape index (κ1) is 15.7. The van der Waals surface area contributed by atoms with Crippen LogP contribution in [0.2, 0.25) is 5.02 Å². The van der Waals surface area contributed by atoms with Gasteiger partial charge in [-0.1, -0.05) is 30.7 Å². The molecular weight excluding hydrogens is 301 g/mol. The van der Waals surface area contributed by atoms with Crippen LogP contribution in [0.15, 0.2) is 18.2 Å². The second-order valence-electron chi connectivity index (χ2n) is 5.24. The van der Waals surface area contributed by atoms with Gasteiger partial charge in [0.15, 0.2) is 9.84 Å². The lowest BCUT2D eigenvalue weighted by Gasteiger charge is -2.24. The summed E-state index contributed by atoms with van der Waals surface area (Å²) in [7, 11) is -2.93. The van der Waals surface area contributed by atoms with Crippen LogP contribution in [-0.4, -0.2) is 32.5 Å². The third-order valence-corrected chi connectivity index (χ3v) is 5.86. The summed E-state index contributed by atoms with van der Waals surface area (Å²) in [6.45, 7) is 2.69.